The van der Waals surface area contributed by atoms with Gasteiger partial charge in [0, 0.05) is 10.7 Å². The molecule has 0 aliphatic rings. The Hall–Kier alpha value is -2.06. The summed E-state index contributed by atoms with van der Waals surface area (Å²) in [4.78, 5) is 24.2. The van der Waals surface area contributed by atoms with Gasteiger partial charge in [-0.3, -0.25) is 9.59 Å². The van der Waals surface area contributed by atoms with E-state index in [4.69, 9.17) is 34.8 Å². The molecule has 0 radical (unpaired) electrons. The summed E-state index contributed by atoms with van der Waals surface area (Å²) in [5.74, 6) is -3.00. The first-order chi connectivity index (χ1) is 10.9. The Kier molecular flexibility index (Phi) is 5.62. The summed E-state index contributed by atoms with van der Waals surface area (Å²) in [6.07, 6.45) is 0. The van der Waals surface area contributed by atoms with Gasteiger partial charge >= 0.3 is 0 Å². The largest absolute Gasteiger partial charge is 0.319 e. The lowest BCUT2D eigenvalue weighted by molar-refractivity contribution is -0.135. The molecule has 23 heavy (non-hydrogen) atoms. The molecule has 0 aliphatic carbocycles. The molecule has 0 aliphatic heterocycles. The van der Waals surface area contributed by atoms with Crippen molar-refractivity contribution in [2.45, 2.75) is 5.92 Å². The number of ketones is 1. The fraction of sp³-hybridized carbons (Fsp3) is 0.0625. The molecule has 0 unspecified atom stereocenters. The van der Waals surface area contributed by atoms with Crippen LogP contribution >= 0.6 is 34.8 Å². The van der Waals surface area contributed by atoms with E-state index >= 15 is 0 Å². The smallest absolute Gasteiger partial charge is 0.293 e. The maximum Gasteiger partial charge on any atom is 0.293 e. The predicted molar refractivity (Wildman–Crippen MR) is 89.9 cm³/mol. The van der Waals surface area contributed by atoms with Crippen molar-refractivity contribution in [1.82, 2.24) is 0 Å². The summed E-state index contributed by atoms with van der Waals surface area (Å²) in [5, 5.41) is 12.6. The Morgan fingerprint density at radius 1 is 1.00 bits per heavy atom. The van der Waals surface area contributed by atoms with Crippen LogP contribution < -0.4 is 5.32 Å². The number of halogens is 3. The number of amides is 1. The molecule has 0 spiro atoms. The molecule has 0 fully saturated rings. The van der Waals surface area contributed by atoms with Gasteiger partial charge in [0.15, 0.2) is 0 Å². The second kappa shape index (κ2) is 7.47. The number of nitrogens with one attached hydrogen (secondary N) is 1. The standard InChI is InChI=1S/C16H9Cl3N2O2/c17-10-3-1-9(2-4-10)12(8-20)15(22)16(23)21-11-5-6-13(18)14(19)7-11/h1-7,12H,(H,21,23)/t12-/m1/s1. The van der Waals surface area contributed by atoms with Crippen LogP contribution in [0.4, 0.5) is 5.69 Å². The molecular formula is C16H9Cl3N2O2. The average molecular weight is 368 g/mol. The number of nitriles is 1. The normalized spacial score (nSPS) is 11.4. The molecule has 0 bridgehead atoms. The summed E-state index contributed by atoms with van der Waals surface area (Å²) >= 11 is 17.4. The Labute approximate surface area is 147 Å². The second-order valence-corrected chi connectivity index (χ2v) is 5.81. The van der Waals surface area contributed by atoms with Crippen LogP contribution in [0.2, 0.25) is 15.1 Å². The van der Waals surface area contributed by atoms with E-state index < -0.39 is 17.6 Å². The van der Waals surface area contributed by atoms with E-state index in [0.717, 1.165) is 0 Å². The van der Waals surface area contributed by atoms with Crippen LogP contribution in [0.3, 0.4) is 0 Å². The minimum absolute atomic E-state index is 0.242. The number of anilines is 1. The van der Waals surface area contributed by atoms with Crippen LogP contribution in [0.25, 0.3) is 0 Å². The van der Waals surface area contributed by atoms with E-state index in [9.17, 15) is 14.9 Å². The topological polar surface area (TPSA) is 70.0 Å². The van der Waals surface area contributed by atoms with Gasteiger partial charge in [0.25, 0.3) is 5.91 Å². The van der Waals surface area contributed by atoms with Gasteiger partial charge in [0.2, 0.25) is 5.78 Å². The molecule has 0 saturated heterocycles. The fourth-order valence-corrected chi connectivity index (χ4v) is 2.26. The lowest BCUT2D eigenvalue weighted by atomic mass is 9.95. The molecular weight excluding hydrogens is 359 g/mol. The van der Waals surface area contributed by atoms with Crippen LogP contribution in [0, 0.1) is 11.3 Å². The molecule has 0 saturated carbocycles. The van der Waals surface area contributed by atoms with Crippen molar-refractivity contribution in [2.75, 3.05) is 5.32 Å². The molecule has 2 aromatic rings. The van der Waals surface area contributed by atoms with Crippen molar-refractivity contribution in [2.24, 2.45) is 0 Å². The van der Waals surface area contributed by atoms with Crippen molar-refractivity contribution in [3.8, 4) is 6.07 Å². The third-order valence-corrected chi connectivity index (χ3v) is 3.99. The molecule has 0 heterocycles. The van der Waals surface area contributed by atoms with Crippen LogP contribution in [0.15, 0.2) is 42.5 Å². The second-order valence-electron chi connectivity index (χ2n) is 4.56. The number of benzene rings is 2. The first-order valence-corrected chi connectivity index (χ1v) is 7.51. The summed E-state index contributed by atoms with van der Waals surface area (Å²) in [6, 6.07) is 12.4. The third kappa shape index (κ3) is 4.23. The number of carbonyl (C=O) groups excluding carboxylic acids is 2. The maximum atomic E-state index is 12.2. The van der Waals surface area contributed by atoms with Crippen LogP contribution in [0.1, 0.15) is 11.5 Å². The van der Waals surface area contributed by atoms with Crippen molar-refractivity contribution < 1.29 is 9.59 Å². The fourth-order valence-electron chi connectivity index (χ4n) is 1.84. The summed E-state index contributed by atoms with van der Waals surface area (Å²) < 4.78 is 0. The zero-order valence-electron chi connectivity index (χ0n) is 11.5. The highest BCUT2D eigenvalue weighted by Crippen LogP contribution is 2.25. The molecule has 1 atom stereocenters. The van der Waals surface area contributed by atoms with E-state index in [1.54, 1.807) is 12.1 Å². The monoisotopic (exact) mass is 366 g/mol. The van der Waals surface area contributed by atoms with Crippen molar-refractivity contribution in [3.63, 3.8) is 0 Å². The highest BCUT2D eigenvalue weighted by atomic mass is 35.5. The number of hydrogen-bond acceptors (Lipinski definition) is 3. The van der Waals surface area contributed by atoms with Crippen LogP contribution in [-0.2, 0) is 9.59 Å². The Morgan fingerprint density at radius 3 is 2.22 bits per heavy atom. The summed E-state index contributed by atoms with van der Waals surface area (Å²) in [7, 11) is 0. The van der Waals surface area contributed by atoms with Crippen molar-refractivity contribution in [1.29, 1.82) is 5.26 Å². The van der Waals surface area contributed by atoms with Gasteiger partial charge in [0.05, 0.1) is 16.1 Å². The van der Waals surface area contributed by atoms with E-state index in [-0.39, 0.29) is 5.02 Å². The molecule has 1 N–H and O–H groups in total. The van der Waals surface area contributed by atoms with Gasteiger partial charge < -0.3 is 5.32 Å². The lowest BCUT2D eigenvalue weighted by Crippen LogP contribution is -2.27. The zero-order chi connectivity index (χ0) is 17.0. The first-order valence-electron chi connectivity index (χ1n) is 6.37. The molecule has 4 nitrogen and oxygen atoms in total. The van der Waals surface area contributed by atoms with Crippen LogP contribution in [-0.4, -0.2) is 11.7 Å². The molecule has 0 aromatic heterocycles. The Morgan fingerprint density at radius 2 is 1.65 bits per heavy atom. The highest BCUT2D eigenvalue weighted by Gasteiger charge is 2.27. The SMILES string of the molecule is N#C[C@@H](C(=O)C(=O)Nc1ccc(Cl)c(Cl)c1)c1ccc(Cl)cc1. The van der Waals surface area contributed by atoms with Crippen molar-refractivity contribution in [3.05, 3.63) is 63.1 Å². The molecule has 2 rings (SSSR count). The predicted octanol–water partition coefficient (Wildman–Crippen LogP) is 4.46. The quantitative estimate of drug-likeness (QED) is 0.811. The minimum Gasteiger partial charge on any atom is -0.319 e. The van der Waals surface area contributed by atoms with Crippen LogP contribution in [0.5, 0.6) is 0 Å². The van der Waals surface area contributed by atoms with Gasteiger partial charge in [0.1, 0.15) is 5.92 Å². The van der Waals surface area contributed by atoms with Gasteiger partial charge in [-0.1, -0.05) is 46.9 Å². The summed E-state index contributed by atoms with van der Waals surface area (Å²) in [5.41, 5.74) is 0.705. The zero-order valence-corrected chi connectivity index (χ0v) is 13.8. The number of nitrogens with zero attached hydrogens (tertiary/aromatic N) is 1. The number of Topliss-reactive ketones (excluding diaryl/α,β-unsaturated/α-hetero) is 1. The van der Waals surface area contributed by atoms with Gasteiger partial charge in [-0.25, -0.2) is 0 Å². The number of rotatable bonds is 4. The third-order valence-electron chi connectivity index (χ3n) is 3.00. The van der Waals surface area contributed by atoms with E-state index in [0.29, 0.717) is 21.3 Å². The minimum atomic E-state index is -1.21. The average Bonchev–Trinajstić information content (AvgIpc) is 2.53. The molecule has 116 valence electrons. The maximum absolute atomic E-state index is 12.2. The van der Waals surface area contributed by atoms with E-state index in [1.807, 2.05) is 6.07 Å². The van der Waals surface area contributed by atoms with Gasteiger partial charge in [-0.05, 0) is 35.9 Å². The van der Waals surface area contributed by atoms with E-state index in [1.165, 1.54) is 30.3 Å². The molecule has 2 aromatic carbocycles. The van der Waals surface area contributed by atoms with Gasteiger partial charge in [-0.15, -0.1) is 0 Å². The lowest BCUT2D eigenvalue weighted by Gasteiger charge is -2.10. The van der Waals surface area contributed by atoms with Gasteiger partial charge in [-0.2, -0.15) is 5.26 Å². The van der Waals surface area contributed by atoms with Crippen molar-refractivity contribution >= 4 is 52.2 Å². The van der Waals surface area contributed by atoms with E-state index in [2.05, 4.69) is 5.32 Å². The molecule has 7 heteroatoms. The number of carbonyl (C=O) groups is 2. The Bertz CT molecular complexity index is 798. The number of hydrogen-bond donors (Lipinski definition) is 1. The first kappa shape index (κ1) is 17.3. The molecule has 1 amide bonds. The summed E-state index contributed by atoms with van der Waals surface area (Å²) in [6.45, 7) is 0. The Balaban J connectivity index is 2.17. The highest BCUT2D eigenvalue weighted by molar-refractivity contribution is 6.44.